The number of thiocarbonyl (C=S) groups is 1. The second-order valence-electron chi connectivity index (χ2n) is 5.93. The van der Waals surface area contributed by atoms with Crippen LogP contribution in [-0.2, 0) is 9.59 Å². The molecule has 1 fully saturated rings. The van der Waals surface area contributed by atoms with E-state index in [0.29, 0.717) is 46.0 Å². The predicted molar refractivity (Wildman–Crippen MR) is 114 cm³/mol. The lowest BCUT2D eigenvalue weighted by molar-refractivity contribution is -0.122. The molecule has 2 aromatic rings. The first kappa shape index (κ1) is 20.2. The molecule has 8 heteroatoms. The molecule has 1 aliphatic heterocycles. The maximum absolute atomic E-state index is 12.5. The molecule has 2 amide bonds. The Bertz CT molecular complexity index is 893. The van der Waals surface area contributed by atoms with E-state index in [2.05, 4.69) is 5.32 Å². The fourth-order valence-corrected chi connectivity index (χ4v) is 3.95. The number of nitrogens with one attached hydrogen (secondary N) is 1. The number of hydrogen-bond acceptors (Lipinski definition) is 6. The largest absolute Gasteiger partial charge is 0.492 e. The van der Waals surface area contributed by atoms with E-state index < -0.39 is 0 Å². The lowest BCUT2D eigenvalue weighted by atomic mass is 10.2. The molecule has 1 aromatic carbocycles. The predicted octanol–water partition coefficient (Wildman–Crippen LogP) is 4.30. The molecule has 1 aliphatic rings. The number of carbonyl (C=O) groups excluding carboxylic acids is 2. The molecule has 0 unspecified atom stereocenters. The Kier molecular flexibility index (Phi) is 6.89. The van der Waals surface area contributed by atoms with Gasteiger partial charge in [-0.15, -0.1) is 0 Å². The highest BCUT2D eigenvalue weighted by Gasteiger charge is 2.31. The fraction of sp³-hybridized carbons (Fsp3) is 0.250. The highest BCUT2D eigenvalue weighted by molar-refractivity contribution is 8.26. The quantitative estimate of drug-likeness (QED) is 0.511. The molecular weight excluding hydrogens is 396 g/mol. The van der Waals surface area contributed by atoms with Crippen molar-refractivity contribution in [2.24, 2.45) is 0 Å². The first-order valence-electron chi connectivity index (χ1n) is 8.89. The Balaban J connectivity index is 1.51. The number of nitrogens with zero attached hydrogens (tertiary/aromatic N) is 1. The van der Waals surface area contributed by atoms with Crippen molar-refractivity contribution in [2.75, 3.05) is 18.5 Å². The molecule has 1 saturated heterocycles. The molecule has 0 radical (unpaired) electrons. The smallest absolute Gasteiger partial charge is 0.266 e. The van der Waals surface area contributed by atoms with Crippen LogP contribution in [0.5, 0.6) is 5.75 Å². The van der Waals surface area contributed by atoms with Crippen molar-refractivity contribution in [3.63, 3.8) is 0 Å². The number of benzene rings is 1. The minimum Gasteiger partial charge on any atom is -0.492 e. The Morgan fingerprint density at radius 1 is 1.32 bits per heavy atom. The van der Waals surface area contributed by atoms with Gasteiger partial charge >= 0.3 is 0 Å². The van der Waals surface area contributed by atoms with Gasteiger partial charge in [0.15, 0.2) is 0 Å². The van der Waals surface area contributed by atoms with Gasteiger partial charge in [0.1, 0.15) is 15.8 Å². The van der Waals surface area contributed by atoms with Gasteiger partial charge in [-0.25, -0.2) is 0 Å². The Labute approximate surface area is 172 Å². The van der Waals surface area contributed by atoms with Crippen molar-refractivity contribution in [1.29, 1.82) is 0 Å². The lowest BCUT2D eigenvalue weighted by Crippen LogP contribution is -2.29. The summed E-state index contributed by atoms with van der Waals surface area (Å²) in [5, 5.41) is 2.85. The minimum atomic E-state index is -0.159. The number of amides is 2. The molecule has 2 heterocycles. The monoisotopic (exact) mass is 416 g/mol. The van der Waals surface area contributed by atoms with E-state index >= 15 is 0 Å². The number of para-hydroxylation sites is 2. The van der Waals surface area contributed by atoms with Crippen molar-refractivity contribution in [1.82, 2.24) is 4.90 Å². The Morgan fingerprint density at radius 3 is 2.89 bits per heavy atom. The number of carbonyl (C=O) groups is 2. The van der Waals surface area contributed by atoms with E-state index in [-0.39, 0.29) is 18.2 Å². The number of rotatable bonds is 8. The maximum Gasteiger partial charge on any atom is 0.266 e. The average Bonchev–Trinajstić information content (AvgIpc) is 3.27. The molecule has 6 nitrogen and oxygen atoms in total. The zero-order chi connectivity index (χ0) is 19.9. The molecular formula is C20H20N2O4S2. The van der Waals surface area contributed by atoms with Gasteiger partial charge in [-0.1, -0.05) is 36.1 Å². The molecule has 0 atom stereocenters. The zero-order valence-corrected chi connectivity index (χ0v) is 17.0. The molecule has 0 bridgehead atoms. The van der Waals surface area contributed by atoms with E-state index in [1.54, 1.807) is 30.5 Å². The highest BCUT2D eigenvalue weighted by Crippen LogP contribution is 2.32. The molecule has 0 aliphatic carbocycles. The van der Waals surface area contributed by atoms with Crippen molar-refractivity contribution >= 4 is 51.9 Å². The number of anilines is 1. The molecule has 0 spiro atoms. The summed E-state index contributed by atoms with van der Waals surface area (Å²) in [6.45, 7) is 2.80. The van der Waals surface area contributed by atoms with Gasteiger partial charge in [0.25, 0.3) is 5.91 Å². The number of thioether (sulfide) groups is 1. The first-order chi connectivity index (χ1) is 13.6. The SMILES string of the molecule is CCOc1ccccc1NC(=O)CCCN1C(=O)/C(=C/c2ccco2)SC1=S. The second-order valence-corrected chi connectivity index (χ2v) is 7.61. The van der Waals surface area contributed by atoms with Crippen molar-refractivity contribution in [3.05, 3.63) is 53.3 Å². The van der Waals surface area contributed by atoms with E-state index in [0.717, 1.165) is 0 Å². The van der Waals surface area contributed by atoms with E-state index in [1.165, 1.54) is 16.7 Å². The van der Waals surface area contributed by atoms with Gasteiger partial charge < -0.3 is 14.5 Å². The number of furan rings is 1. The summed E-state index contributed by atoms with van der Waals surface area (Å²) in [4.78, 5) is 26.8. The molecule has 3 rings (SSSR count). The van der Waals surface area contributed by atoms with E-state index in [4.69, 9.17) is 21.4 Å². The normalized spacial score (nSPS) is 15.3. The lowest BCUT2D eigenvalue weighted by Gasteiger charge is -2.14. The molecule has 28 heavy (non-hydrogen) atoms. The third kappa shape index (κ3) is 5.02. The van der Waals surface area contributed by atoms with Crippen LogP contribution in [0.4, 0.5) is 5.69 Å². The number of ether oxygens (including phenoxy) is 1. The van der Waals surface area contributed by atoms with Gasteiger partial charge in [-0.3, -0.25) is 14.5 Å². The van der Waals surface area contributed by atoms with Crippen LogP contribution >= 0.6 is 24.0 Å². The van der Waals surface area contributed by atoms with Crippen LogP contribution in [0.1, 0.15) is 25.5 Å². The van der Waals surface area contributed by atoms with E-state index in [1.807, 2.05) is 25.1 Å². The molecule has 146 valence electrons. The van der Waals surface area contributed by atoms with Crippen LogP contribution in [-0.4, -0.2) is 34.2 Å². The van der Waals surface area contributed by atoms with Gasteiger partial charge in [-0.2, -0.15) is 0 Å². The van der Waals surface area contributed by atoms with Gasteiger partial charge in [0.2, 0.25) is 5.91 Å². The van der Waals surface area contributed by atoms with Crippen LogP contribution in [0.3, 0.4) is 0 Å². The van der Waals surface area contributed by atoms with E-state index in [9.17, 15) is 9.59 Å². The van der Waals surface area contributed by atoms with Crippen molar-refractivity contribution < 1.29 is 18.7 Å². The van der Waals surface area contributed by atoms with Crippen LogP contribution in [0.25, 0.3) is 6.08 Å². The maximum atomic E-state index is 12.5. The van der Waals surface area contributed by atoms with Crippen molar-refractivity contribution in [3.8, 4) is 5.75 Å². The summed E-state index contributed by atoms with van der Waals surface area (Å²) in [6.07, 6.45) is 4.00. The average molecular weight is 417 g/mol. The zero-order valence-electron chi connectivity index (χ0n) is 15.3. The van der Waals surface area contributed by atoms with Crippen LogP contribution in [0.2, 0.25) is 0 Å². The summed E-state index contributed by atoms with van der Waals surface area (Å²) < 4.78 is 11.2. The summed E-state index contributed by atoms with van der Waals surface area (Å²) in [5.41, 5.74) is 0.640. The third-order valence-corrected chi connectivity index (χ3v) is 5.31. The second kappa shape index (κ2) is 9.57. The minimum absolute atomic E-state index is 0.135. The van der Waals surface area contributed by atoms with Crippen LogP contribution < -0.4 is 10.1 Å². The summed E-state index contributed by atoms with van der Waals surface area (Å²) >= 11 is 6.54. The summed E-state index contributed by atoms with van der Waals surface area (Å²) in [6, 6.07) is 10.8. The molecule has 1 N–H and O–H groups in total. The summed E-state index contributed by atoms with van der Waals surface area (Å²) in [5.74, 6) is 0.948. The van der Waals surface area contributed by atoms with Crippen LogP contribution in [0, 0.1) is 0 Å². The standard InChI is InChI=1S/C20H20N2O4S2/c1-2-25-16-9-4-3-8-15(16)21-18(23)10-5-11-22-19(24)17(28-20(22)27)13-14-7-6-12-26-14/h3-4,6-9,12-13H,2,5,10-11H2,1H3,(H,21,23)/b17-13-. The molecule has 0 saturated carbocycles. The molecule has 1 aromatic heterocycles. The van der Waals surface area contributed by atoms with Gasteiger partial charge in [0.05, 0.1) is 23.5 Å². The fourth-order valence-electron chi connectivity index (χ4n) is 2.66. The van der Waals surface area contributed by atoms with Gasteiger partial charge in [0, 0.05) is 19.0 Å². The first-order valence-corrected chi connectivity index (χ1v) is 10.1. The van der Waals surface area contributed by atoms with Gasteiger partial charge in [-0.05, 0) is 37.6 Å². The third-order valence-electron chi connectivity index (χ3n) is 3.94. The number of hydrogen-bond donors (Lipinski definition) is 1. The van der Waals surface area contributed by atoms with Crippen LogP contribution in [0.15, 0.2) is 52.0 Å². The topological polar surface area (TPSA) is 71.8 Å². The highest BCUT2D eigenvalue weighted by atomic mass is 32.2. The Hall–Kier alpha value is -2.58. The summed E-state index contributed by atoms with van der Waals surface area (Å²) in [7, 11) is 0. The Morgan fingerprint density at radius 2 is 2.14 bits per heavy atom. The van der Waals surface area contributed by atoms with Crippen molar-refractivity contribution in [2.45, 2.75) is 19.8 Å².